The minimum absolute atomic E-state index is 0.0624. The van der Waals surface area contributed by atoms with E-state index in [1.807, 2.05) is 64.7 Å². The van der Waals surface area contributed by atoms with Gasteiger partial charge in [0.25, 0.3) is 5.91 Å². The number of pyridine rings is 1. The maximum absolute atomic E-state index is 13.7. The molecule has 2 aromatic carbocycles. The first-order chi connectivity index (χ1) is 18.2. The average molecular weight is 490 g/mol. The van der Waals surface area contributed by atoms with Gasteiger partial charge in [0.15, 0.2) is 0 Å². The third-order valence-corrected chi connectivity index (χ3v) is 7.84. The molecule has 2 aliphatic heterocycles. The van der Waals surface area contributed by atoms with Gasteiger partial charge in [0.1, 0.15) is 0 Å². The lowest BCUT2D eigenvalue weighted by molar-refractivity contribution is -0.0741. The van der Waals surface area contributed by atoms with Crippen molar-refractivity contribution >= 4 is 16.8 Å². The van der Waals surface area contributed by atoms with Crippen LogP contribution in [0.5, 0.6) is 0 Å². The second-order valence-corrected chi connectivity index (χ2v) is 9.95. The number of hydrogen-bond acceptors (Lipinski definition) is 4. The van der Waals surface area contributed by atoms with Gasteiger partial charge in [-0.05, 0) is 53.3 Å². The molecule has 3 aromatic heterocycles. The van der Waals surface area contributed by atoms with E-state index in [4.69, 9.17) is 4.74 Å². The summed E-state index contributed by atoms with van der Waals surface area (Å²) in [5.41, 5.74) is 7.05. The molecular formula is C30H27N5O2. The Morgan fingerprint density at radius 2 is 1.92 bits per heavy atom. The van der Waals surface area contributed by atoms with Crippen molar-refractivity contribution in [1.82, 2.24) is 24.6 Å². The molecule has 7 heteroatoms. The van der Waals surface area contributed by atoms with Gasteiger partial charge in [-0.25, -0.2) is 0 Å². The van der Waals surface area contributed by atoms with Crippen LogP contribution in [0.4, 0.5) is 0 Å². The van der Waals surface area contributed by atoms with Gasteiger partial charge in [0, 0.05) is 48.8 Å². The Bertz CT molecular complexity index is 1590. The summed E-state index contributed by atoms with van der Waals surface area (Å²) in [6, 6.07) is 18.5. The summed E-state index contributed by atoms with van der Waals surface area (Å²) in [4.78, 5) is 23.1. The van der Waals surface area contributed by atoms with Gasteiger partial charge in [-0.1, -0.05) is 36.4 Å². The monoisotopic (exact) mass is 489 g/mol. The van der Waals surface area contributed by atoms with E-state index < -0.39 is 0 Å². The molecule has 0 saturated carbocycles. The van der Waals surface area contributed by atoms with Gasteiger partial charge in [-0.15, -0.1) is 0 Å². The minimum Gasteiger partial charge on any atom is -0.365 e. The number of nitrogens with one attached hydrogen (secondary N) is 1. The normalized spacial score (nSPS) is 16.4. The average Bonchev–Trinajstić information content (AvgIpc) is 3.69. The van der Waals surface area contributed by atoms with Crippen LogP contribution >= 0.6 is 0 Å². The lowest BCUT2D eigenvalue weighted by Gasteiger charge is -2.39. The maximum atomic E-state index is 13.7. The number of H-pyrrole nitrogens is 1. The summed E-state index contributed by atoms with van der Waals surface area (Å²) < 4.78 is 8.21. The number of piperidine rings is 1. The van der Waals surface area contributed by atoms with Crippen LogP contribution < -0.4 is 0 Å². The molecule has 5 heterocycles. The van der Waals surface area contributed by atoms with Crippen molar-refractivity contribution < 1.29 is 9.53 Å². The van der Waals surface area contributed by atoms with E-state index in [9.17, 15) is 4.79 Å². The predicted molar refractivity (Wildman–Crippen MR) is 141 cm³/mol. The SMILES string of the molecule is O=C(c1ccc(-c2cnn(Cc3cccnc3)c2)c2cc[nH]c12)N1CCC2(CC1)OCc1ccccc12. The largest absolute Gasteiger partial charge is 0.365 e. The number of likely N-dealkylation sites (tertiary alicyclic amines) is 1. The molecule has 2 aliphatic rings. The van der Waals surface area contributed by atoms with Crippen LogP contribution in [0.2, 0.25) is 0 Å². The maximum Gasteiger partial charge on any atom is 0.255 e. The summed E-state index contributed by atoms with van der Waals surface area (Å²) in [7, 11) is 0. The molecule has 7 nitrogen and oxygen atoms in total. The van der Waals surface area contributed by atoms with Crippen molar-refractivity contribution in [3.8, 4) is 11.1 Å². The molecule has 1 amide bonds. The summed E-state index contributed by atoms with van der Waals surface area (Å²) in [5, 5.41) is 5.57. The highest BCUT2D eigenvalue weighted by atomic mass is 16.5. The smallest absolute Gasteiger partial charge is 0.255 e. The van der Waals surface area contributed by atoms with Crippen LogP contribution in [-0.4, -0.2) is 43.6 Å². The Labute approximate surface area is 214 Å². The number of hydrogen-bond donors (Lipinski definition) is 1. The number of benzene rings is 2. The topological polar surface area (TPSA) is 76.0 Å². The zero-order valence-electron chi connectivity index (χ0n) is 20.4. The molecule has 37 heavy (non-hydrogen) atoms. The summed E-state index contributed by atoms with van der Waals surface area (Å²) >= 11 is 0. The third-order valence-electron chi connectivity index (χ3n) is 7.84. The van der Waals surface area contributed by atoms with Gasteiger partial charge >= 0.3 is 0 Å². The Kier molecular flexibility index (Phi) is 5.18. The van der Waals surface area contributed by atoms with E-state index >= 15 is 0 Å². The predicted octanol–water partition coefficient (Wildman–Crippen LogP) is 5.14. The second kappa shape index (κ2) is 8.71. The van der Waals surface area contributed by atoms with Gasteiger partial charge in [-0.2, -0.15) is 5.10 Å². The first-order valence-corrected chi connectivity index (χ1v) is 12.7. The Morgan fingerprint density at radius 1 is 1.03 bits per heavy atom. The number of fused-ring (bicyclic) bond motifs is 3. The number of carbonyl (C=O) groups excluding carboxylic acids is 1. The molecule has 5 aromatic rings. The second-order valence-electron chi connectivity index (χ2n) is 9.95. The highest BCUT2D eigenvalue weighted by Crippen LogP contribution is 2.44. The van der Waals surface area contributed by atoms with Crippen LogP contribution in [0.1, 0.15) is 39.9 Å². The number of carbonyl (C=O) groups is 1. The van der Waals surface area contributed by atoms with E-state index in [2.05, 4.69) is 39.3 Å². The highest BCUT2D eigenvalue weighted by molar-refractivity contribution is 6.09. The number of aromatic amines is 1. The van der Waals surface area contributed by atoms with Gasteiger partial charge in [0.05, 0.1) is 36.0 Å². The van der Waals surface area contributed by atoms with E-state index in [0.29, 0.717) is 31.8 Å². The van der Waals surface area contributed by atoms with Crippen molar-refractivity contribution in [2.45, 2.75) is 31.6 Å². The molecule has 0 atom stereocenters. The Morgan fingerprint density at radius 3 is 2.78 bits per heavy atom. The number of ether oxygens (including phenoxy) is 1. The van der Waals surface area contributed by atoms with Crippen LogP contribution in [0.25, 0.3) is 22.0 Å². The lowest BCUT2D eigenvalue weighted by Crippen LogP contribution is -2.45. The number of nitrogens with zero attached hydrogens (tertiary/aromatic N) is 4. The number of amides is 1. The van der Waals surface area contributed by atoms with Crippen molar-refractivity contribution in [1.29, 1.82) is 0 Å². The fourth-order valence-electron chi connectivity index (χ4n) is 5.89. The molecule has 0 radical (unpaired) electrons. The van der Waals surface area contributed by atoms with Crippen molar-refractivity contribution in [3.63, 3.8) is 0 Å². The van der Waals surface area contributed by atoms with Gasteiger partial charge in [0.2, 0.25) is 0 Å². The van der Waals surface area contributed by atoms with E-state index in [1.54, 1.807) is 6.20 Å². The summed E-state index contributed by atoms with van der Waals surface area (Å²) in [5.74, 6) is 0.0624. The first kappa shape index (κ1) is 22.0. The Balaban J connectivity index is 1.12. The van der Waals surface area contributed by atoms with Gasteiger partial charge < -0.3 is 14.6 Å². The minimum atomic E-state index is -0.255. The molecule has 0 bridgehead atoms. The lowest BCUT2D eigenvalue weighted by atomic mass is 9.83. The van der Waals surface area contributed by atoms with E-state index in [1.165, 1.54) is 11.1 Å². The van der Waals surface area contributed by atoms with Crippen LogP contribution in [0.3, 0.4) is 0 Å². The molecule has 1 fully saturated rings. The molecule has 1 spiro atoms. The molecule has 1 saturated heterocycles. The quantitative estimate of drug-likeness (QED) is 0.379. The fourth-order valence-corrected chi connectivity index (χ4v) is 5.89. The van der Waals surface area contributed by atoms with Crippen LogP contribution in [-0.2, 0) is 23.5 Å². The zero-order valence-corrected chi connectivity index (χ0v) is 20.4. The van der Waals surface area contributed by atoms with Crippen molar-refractivity contribution in [2.24, 2.45) is 0 Å². The van der Waals surface area contributed by atoms with Crippen LogP contribution in [0.15, 0.2) is 85.6 Å². The molecule has 0 unspecified atom stereocenters. The molecule has 1 N–H and O–H groups in total. The summed E-state index contributed by atoms with van der Waals surface area (Å²) in [6.45, 7) is 2.68. The third kappa shape index (κ3) is 3.74. The molecule has 184 valence electrons. The van der Waals surface area contributed by atoms with Crippen molar-refractivity contribution in [3.05, 3.63) is 108 Å². The summed E-state index contributed by atoms with van der Waals surface area (Å²) in [6.07, 6.45) is 11.1. The highest BCUT2D eigenvalue weighted by Gasteiger charge is 2.43. The van der Waals surface area contributed by atoms with E-state index in [-0.39, 0.29) is 11.5 Å². The molecule has 0 aliphatic carbocycles. The van der Waals surface area contributed by atoms with Crippen LogP contribution in [0, 0.1) is 0 Å². The fraction of sp³-hybridized carbons (Fsp3) is 0.233. The van der Waals surface area contributed by atoms with Crippen molar-refractivity contribution in [2.75, 3.05) is 13.1 Å². The molecule has 7 rings (SSSR count). The molecular weight excluding hydrogens is 462 g/mol. The van der Waals surface area contributed by atoms with E-state index in [0.717, 1.165) is 40.4 Å². The standard InChI is InChI=1S/C30H27N5O2/c36-29(34-14-10-30(11-15-34)27-6-2-1-5-22(27)20-37-30)26-8-7-24(25-9-13-32-28(25)26)23-17-33-35(19-23)18-21-4-3-12-31-16-21/h1-9,12-13,16-17,19,32H,10-11,14-15,18,20H2. The number of rotatable bonds is 4. The zero-order chi connectivity index (χ0) is 24.8. The Hall–Kier alpha value is -4.23. The van der Waals surface area contributed by atoms with Gasteiger partial charge in [-0.3, -0.25) is 14.5 Å². The first-order valence-electron chi connectivity index (χ1n) is 12.7. The number of aromatic nitrogens is 4.